The van der Waals surface area contributed by atoms with Gasteiger partial charge in [-0.15, -0.1) is 0 Å². The number of amides is 1. The summed E-state index contributed by atoms with van der Waals surface area (Å²) in [5.74, 6) is 0.0460. The van der Waals surface area contributed by atoms with Crippen molar-refractivity contribution in [1.82, 2.24) is 15.6 Å². The molecule has 0 aromatic carbocycles. The van der Waals surface area contributed by atoms with Crippen molar-refractivity contribution in [3.63, 3.8) is 0 Å². The van der Waals surface area contributed by atoms with E-state index >= 15 is 0 Å². The minimum atomic E-state index is 0.0460. The fraction of sp³-hybridized carbons (Fsp3) is 0.500. The lowest BCUT2D eigenvalue weighted by atomic mass is 10.2. The van der Waals surface area contributed by atoms with E-state index in [0.717, 1.165) is 13.0 Å². The monoisotopic (exact) mass is 221 g/mol. The number of pyridine rings is 1. The smallest absolute Gasteiger partial charge is 0.234 e. The SMILES string of the molecule is CC(C)NC(=O)CNCCc1ccncc1. The maximum Gasteiger partial charge on any atom is 0.234 e. The maximum atomic E-state index is 11.3. The predicted molar refractivity (Wildman–Crippen MR) is 64.1 cm³/mol. The Kier molecular flexibility index (Phi) is 5.50. The first kappa shape index (κ1) is 12.6. The highest BCUT2D eigenvalue weighted by Crippen LogP contribution is 1.95. The van der Waals surface area contributed by atoms with Crippen molar-refractivity contribution in [2.45, 2.75) is 26.3 Å². The van der Waals surface area contributed by atoms with Crippen molar-refractivity contribution in [3.8, 4) is 0 Å². The number of hydrogen-bond donors (Lipinski definition) is 2. The molecule has 0 aliphatic heterocycles. The number of rotatable bonds is 6. The molecule has 0 fully saturated rings. The fourth-order valence-corrected chi connectivity index (χ4v) is 1.36. The summed E-state index contributed by atoms with van der Waals surface area (Å²) < 4.78 is 0. The van der Waals surface area contributed by atoms with Gasteiger partial charge in [-0.3, -0.25) is 9.78 Å². The topological polar surface area (TPSA) is 54.0 Å². The van der Waals surface area contributed by atoms with Crippen molar-refractivity contribution in [3.05, 3.63) is 30.1 Å². The number of hydrogen-bond acceptors (Lipinski definition) is 3. The van der Waals surface area contributed by atoms with E-state index in [9.17, 15) is 4.79 Å². The van der Waals surface area contributed by atoms with E-state index in [-0.39, 0.29) is 11.9 Å². The zero-order valence-electron chi connectivity index (χ0n) is 9.86. The van der Waals surface area contributed by atoms with Gasteiger partial charge >= 0.3 is 0 Å². The van der Waals surface area contributed by atoms with Crippen molar-refractivity contribution in [2.24, 2.45) is 0 Å². The summed E-state index contributed by atoms with van der Waals surface area (Å²) in [6, 6.07) is 4.17. The van der Waals surface area contributed by atoms with Crippen LogP contribution in [0.1, 0.15) is 19.4 Å². The third kappa shape index (κ3) is 5.46. The van der Waals surface area contributed by atoms with Gasteiger partial charge in [-0.1, -0.05) is 0 Å². The van der Waals surface area contributed by atoms with E-state index in [2.05, 4.69) is 15.6 Å². The molecule has 2 N–H and O–H groups in total. The van der Waals surface area contributed by atoms with Crippen LogP contribution in [0, 0.1) is 0 Å². The molecule has 0 saturated carbocycles. The molecule has 1 amide bonds. The molecule has 0 atom stereocenters. The number of carbonyl (C=O) groups is 1. The van der Waals surface area contributed by atoms with Gasteiger partial charge in [0.15, 0.2) is 0 Å². The van der Waals surface area contributed by atoms with E-state index in [4.69, 9.17) is 0 Å². The van der Waals surface area contributed by atoms with Gasteiger partial charge in [-0.25, -0.2) is 0 Å². The van der Waals surface area contributed by atoms with Gasteiger partial charge in [0, 0.05) is 18.4 Å². The van der Waals surface area contributed by atoms with Gasteiger partial charge in [0.2, 0.25) is 5.91 Å². The molecule has 16 heavy (non-hydrogen) atoms. The molecular formula is C12H19N3O. The molecule has 0 aliphatic carbocycles. The highest BCUT2D eigenvalue weighted by atomic mass is 16.1. The lowest BCUT2D eigenvalue weighted by molar-refractivity contribution is -0.120. The number of aromatic nitrogens is 1. The average Bonchev–Trinajstić information content (AvgIpc) is 2.25. The number of nitrogens with one attached hydrogen (secondary N) is 2. The first-order chi connectivity index (χ1) is 7.68. The fourth-order valence-electron chi connectivity index (χ4n) is 1.36. The molecular weight excluding hydrogens is 202 g/mol. The highest BCUT2D eigenvalue weighted by Gasteiger charge is 2.01. The summed E-state index contributed by atoms with van der Waals surface area (Å²) in [6.07, 6.45) is 4.47. The Hall–Kier alpha value is -1.42. The molecule has 0 unspecified atom stereocenters. The second-order valence-corrected chi connectivity index (χ2v) is 4.00. The van der Waals surface area contributed by atoms with Crippen molar-refractivity contribution in [1.29, 1.82) is 0 Å². The standard InChI is InChI=1S/C12H19N3O/c1-10(2)15-12(16)9-14-8-5-11-3-6-13-7-4-11/h3-4,6-7,10,14H,5,8-9H2,1-2H3,(H,15,16). The highest BCUT2D eigenvalue weighted by molar-refractivity contribution is 5.78. The first-order valence-corrected chi connectivity index (χ1v) is 5.57. The van der Waals surface area contributed by atoms with Crippen molar-refractivity contribution >= 4 is 5.91 Å². The quantitative estimate of drug-likeness (QED) is 0.697. The Labute approximate surface area is 96.5 Å². The third-order valence-electron chi connectivity index (χ3n) is 2.08. The Morgan fingerprint density at radius 3 is 2.69 bits per heavy atom. The summed E-state index contributed by atoms with van der Waals surface area (Å²) in [5.41, 5.74) is 1.23. The molecule has 0 spiro atoms. The molecule has 0 bridgehead atoms. The van der Waals surface area contributed by atoms with Crippen LogP contribution in [0.3, 0.4) is 0 Å². The summed E-state index contributed by atoms with van der Waals surface area (Å²) in [4.78, 5) is 15.2. The largest absolute Gasteiger partial charge is 0.353 e. The van der Waals surface area contributed by atoms with Crippen LogP contribution in [0.25, 0.3) is 0 Å². The molecule has 1 rings (SSSR count). The van der Waals surface area contributed by atoms with Crippen LogP contribution in [-0.2, 0) is 11.2 Å². The Balaban J connectivity index is 2.10. The van der Waals surface area contributed by atoms with Gasteiger partial charge in [0.25, 0.3) is 0 Å². The first-order valence-electron chi connectivity index (χ1n) is 5.57. The Bertz CT molecular complexity index is 311. The maximum absolute atomic E-state index is 11.3. The van der Waals surface area contributed by atoms with Crippen LogP contribution < -0.4 is 10.6 Å². The van der Waals surface area contributed by atoms with E-state index in [1.807, 2.05) is 26.0 Å². The molecule has 4 nitrogen and oxygen atoms in total. The second kappa shape index (κ2) is 6.95. The van der Waals surface area contributed by atoms with E-state index in [0.29, 0.717) is 6.54 Å². The summed E-state index contributed by atoms with van der Waals surface area (Å²) in [6.45, 7) is 5.09. The van der Waals surface area contributed by atoms with E-state index in [1.165, 1.54) is 5.56 Å². The summed E-state index contributed by atoms with van der Waals surface area (Å²) in [5, 5.41) is 5.94. The van der Waals surface area contributed by atoms with Crippen molar-refractivity contribution in [2.75, 3.05) is 13.1 Å². The molecule has 1 aromatic rings. The van der Waals surface area contributed by atoms with Crippen LogP contribution >= 0.6 is 0 Å². The lowest BCUT2D eigenvalue weighted by Gasteiger charge is -2.09. The van der Waals surface area contributed by atoms with Gasteiger partial charge in [0.05, 0.1) is 6.54 Å². The Morgan fingerprint density at radius 2 is 2.06 bits per heavy atom. The predicted octanol–water partition coefficient (Wildman–Crippen LogP) is 0.738. The molecule has 0 aliphatic rings. The molecule has 4 heteroatoms. The average molecular weight is 221 g/mol. The minimum Gasteiger partial charge on any atom is -0.353 e. The zero-order valence-corrected chi connectivity index (χ0v) is 9.86. The van der Waals surface area contributed by atoms with E-state index < -0.39 is 0 Å². The van der Waals surface area contributed by atoms with Gasteiger partial charge in [-0.2, -0.15) is 0 Å². The number of nitrogens with zero attached hydrogens (tertiary/aromatic N) is 1. The van der Waals surface area contributed by atoms with Crippen molar-refractivity contribution < 1.29 is 4.79 Å². The minimum absolute atomic E-state index is 0.0460. The second-order valence-electron chi connectivity index (χ2n) is 4.00. The Morgan fingerprint density at radius 1 is 1.38 bits per heavy atom. The summed E-state index contributed by atoms with van der Waals surface area (Å²) >= 11 is 0. The van der Waals surface area contributed by atoms with Gasteiger partial charge in [-0.05, 0) is 44.5 Å². The molecule has 1 aromatic heterocycles. The summed E-state index contributed by atoms with van der Waals surface area (Å²) in [7, 11) is 0. The lowest BCUT2D eigenvalue weighted by Crippen LogP contribution is -2.38. The molecule has 1 heterocycles. The van der Waals surface area contributed by atoms with E-state index in [1.54, 1.807) is 12.4 Å². The number of carbonyl (C=O) groups excluding carboxylic acids is 1. The van der Waals surface area contributed by atoms with Crippen LogP contribution in [0.4, 0.5) is 0 Å². The molecule has 0 saturated heterocycles. The van der Waals surface area contributed by atoms with Gasteiger partial charge in [0.1, 0.15) is 0 Å². The van der Waals surface area contributed by atoms with Crippen LogP contribution in [-0.4, -0.2) is 30.0 Å². The third-order valence-corrected chi connectivity index (χ3v) is 2.08. The van der Waals surface area contributed by atoms with Gasteiger partial charge < -0.3 is 10.6 Å². The van der Waals surface area contributed by atoms with Crippen LogP contribution in [0.2, 0.25) is 0 Å². The molecule has 88 valence electrons. The van der Waals surface area contributed by atoms with Crippen LogP contribution in [0.5, 0.6) is 0 Å². The molecule has 0 radical (unpaired) electrons. The van der Waals surface area contributed by atoms with Crippen LogP contribution in [0.15, 0.2) is 24.5 Å². The normalized spacial score (nSPS) is 10.4. The zero-order chi connectivity index (χ0) is 11.8.